The first-order valence-electron chi connectivity index (χ1n) is 11.2. The molecule has 38 heavy (non-hydrogen) atoms. The van der Waals surface area contributed by atoms with Crippen LogP contribution in [0.5, 0.6) is 5.75 Å². The fourth-order valence-electron chi connectivity index (χ4n) is 3.23. The minimum atomic E-state index is -4.91. The van der Waals surface area contributed by atoms with Gasteiger partial charge in [0.1, 0.15) is 16.3 Å². The third kappa shape index (κ3) is 9.96. The van der Waals surface area contributed by atoms with Gasteiger partial charge in [0.2, 0.25) is 5.91 Å². The van der Waals surface area contributed by atoms with E-state index in [-0.39, 0.29) is 36.1 Å². The van der Waals surface area contributed by atoms with Gasteiger partial charge in [0.15, 0.2) is 0 Å². The molecule has 0 radical (unpaired) electrons. The molecule has 0 aliphatic carbocycles. The Balaban J connectivity index is 2.16. The summed E-state index contributed by atoms with van der Waals surface area (Å²) in [6.45, 7) is 8.34. The number of benzene rings is 2. The average molecular weight is 573 g/mol. The van der Waals surface area contributed by atoms with Gasteiger partial charge in [-0.1, -0.05) is 36.4 Å². The summed E-state index contributed by atoms with van der Waals surface area (Å²) >= 11 is 7.10. The molecule has 7 nitrogen and oxygen atoms in total. The fourth-order valence-corrected chi connectivity index (χ4v) is 4.38. The number of carbonyl (C=O) groups excluding carboxylic acids is 1. The maximum Gasteiger partial charge on any atom is 0.573 e. The lowest BCUT2D eigenvalue weighted by atomic mass is 10.2. The number of halogens is 4. The second-order valence-corrected chi connectivity index (χ2v) is 10.9. The van der Waals surface area contributed by atoms with Gasteiger partial charge in [0.25, 0.3) is 0 Å². The van der Waals surface area contributed by atoms with E-state index in [1.807, 2.05) is 0 Å². The molecule has 0 aliphatic rings. The Hall–Kier alpha value is -3.15. The normalized spacial score (nSPS) is 12.4. The molecule has 0 heterocycles. The molecular weight excluding hydrogens is 545 g/mol. The number of carbonyl (C=O) groups is 2. The predicted molar refractivity (Wildman–Crippen MR) is 142 cm³/mol. The Bertz CT molecular complexity index is 1200. The highest BCUT2D eigenvalue weighted by Crippen LogP contribution is 2.35. The van der Waals surface area contributed by atoms with Crippen molar-refractivity contribution in [2.45, 2.75) is 43.3 Å². The molecule has 0 fully saturated rings. The van der Waals surface area contributed by atoms with Crippen LogP contribution in [0.4, 0.5) is 18.9 Å². The average Bonchev–Trinajstić information content (AvgIpc) is 2.77. The van der Waals surface area contributed by atoms with Crippen molar-refractivity contribution < 1.29 is 37.7 Å². The van der Waals surface area contributed by atoms with Gasteiger partial charge in [0.05, 0.1) is 18.1 Å². The quantitative estimate of drug-likeness (QED) is 0.150. The molecule has 0 saturated heterocycles. The van der Waals surface area contributed by atoms with Crippen molar-refractivity contribution in [1.29, 1.82) is 0 Å². The van der Waals surface area contributed by atoms with E-state index in [0.29, 0.717) is 5.56 Å². The van der Waals surface area contributed by atoms with Crippen LogP contribution in [0.3, 0.4) is 0 Å². The number of allylic oxidation sites excluding steroid dienone is 2. The van der Waals surface area contributed by atoms with Gasteiger partial charge in [-0.2, -0.15) is 0 Å². The van der Waals surface area contributed by atoms with E-state index < -0.39 is 28.7 Å². The number of aliphatic hydroxyl groups is 1. The zero-order valence-electron chi connectivity index (χ0n) is 20.9. The Morgan fingerprint density at radius 3 is 2.34 bits per heavy atom. The van der Waals surface area contributed by atoms with Crippen LogP contribution in [-0.4, -0.2) is 51.2 Å². The number of aliphatic carboxylic acids is 1. The van der Waals surface area contributed by atoms with Crippen molar-refractivity contribution in [3.63, 3.8) is 0 Å². The summed E-state index contributed by atoms with van der Waals surface area (Å²) in [6.07, 6.45) is -2.12. The zero-order chi connectivity index (χ0) is 28.7. The van der Waals surface area contributed by atoms with Crippen LogP contribution < -0.4 is 10.1 Å². The molecule has 2 aromatic carbocycles. The van der Waals surface area contributed by atoms with E-state index >= 15 is 0 Å². The number of nitrogens with one attached hydrogen (secondary N) is 1. The third-order valence-corrected chi connectivity index (χ3v) is 6.55. The molecule has 0 atom stereocenters. The van der Waals surface area contributed by atoms with Crippen molar-refractivity contribution >= 4 is 40.9 Å². The van der Waals surface area contributed by atoms with Crippen LogP contribution in [0, 0.1) is 6.92 Å². The summed E-state index contributed by atoms with van der Waals surface area (Å²) in [5.74, 6) is -2.04. The van der Waals surface area contributed by atoms with E-state index in [9.17, 15) is 33.0 Å². The number of amides is 1. The maximum absolute atomic E-state index is 12.8. The molecule has 2 rings (SSSR count). The Kier molecular flexibility index (Phi) is 10.7. The lowest BCUT2D eigenvalue weighted by molar-refractivity contribution is -0.274. The predicted octanol–water partition coefficient (Wildman–Crippen LogP) is 6.57. The summed E-state index contributed by atoms with van der Waals surface area (Å²) in [6, 6.07) is 9.39. The summed E-state index contributed by atoms with van der Waals surface area (Å²) in [4.78, 5) is 26.6. The molecule has 206 valence electrons. The summed E-state index contributed by atoms with van der Waals surface area (Å²) in [7, 11) is 0. The minimum absolute atomic E-state index is 0.0140. The van der Waals surface area contributed by atoms with Gasteiger partial charge in [0, 0.05) is 17.1 Å². The Morgan fingerprint density at radius 1 is 1.16 bits per heavy atom. The molecule has 0 bridgehead atoms. The monoisotopic (exact) mass is 572 g/mol. The highest BCUT2D eigenvalue weighted by Gasteiger charge is 2.32. The molecular formula is C26H28ClF3N2O5S. The zero-order valence-corrected chi connectivity index (χ0v) is 22.5. The van der Waals surface area contributed by atoms with Crippen LogP contribution >= 0.6 is 23.4 Å². The second kappa shape index (κ2) is 13.1. The number of hydrogen-bond acceptors (Lipinski definition) is 6. The van der Waals surface area contributed by atoms with Gasteiger partial charge in [-0.3, -0.25) is 14.5 Å². The van der Waals surface area contributed by atoms with Crippen molar-refractivity contribution in [3.8, 4) is 5.75 Å². The topological polar surface area (TPSA) is 99.1 Å². The molecule has 2 aromatic rings. The number of nitrogens with zero attached hydrogens (tertiary/aromatic N) is 1. The molecule has 0 aliphatic heterocycles. The van der Waals surface area contributed by atoms with Crippen molar-refractivity contribution in [2.75, 3.05) is 18.4 Å². The largest absolute Gasteiger partial charge is 0.573 e. The van der Waals surface area contributed by atoms with E-state index in [4.69, 9.17) is 11.6 Å². The number of aryl methyl sites for hydroxylation is 1. The van der Waals surface area contributed by atoms with Gasteiger partial charge < -0.3 is 20.3 Å². The third-order valence-electron chi connectivity index (χ3n) is 5.06. The van der Waals surface area contributed by atoms with Gasteiger partial charge in [-0.05, 0) is 62.2 Å². The second-order valence-electron chi connectivity index (χ2n) is 8.79. The number of carboxylic acid groups (broad SMARTS) is 1. The summed E-state index contributed by atoms with van der Waals surface area (Å²) in [5.41, 5.74) is 1.32. The van der Waals surface area contributed by atoms with Gasteiger partial charge >= 0.3 is 12.3 Å². The molecule has 12 heteroatoms. The van der Waals surface area contributed by atoms with Crippen LogP contribution in [-0.2, 0) is 16.1 Å². The first-order chi connectivity index (χ1) is 17.6. The summed E-state index contributed by atoms with van der Waals surface area (Å²) in [5, 5.41) is 21.8. The number of aliphatic hydroxyl groups excluding tert-OH is 1. The van der Waals surface area contributed by atoms with E-state index in [1.54, 1.807) is 43.0 Å². The van der Waals surface area contributed by atoms with Crippen LogP contribution in [0.1, 0.15) is 25.0 Å². The molecule has 0 unspecified atom stereocenters. The maximum atomic E-state index is 12.8. The lowest BCUT2D eigenvalue weighted by Crippen LogP contribution is -2.34. The Labute approximate surface area is 227 Å². The number of hydrogen-bond donors (Lipinski definition) is 3. The van der Waals surface area contributed by atoms with E-state index in [0.717, 1.165) is 16.5 Å². The smallest absolute Gasteiger partial charge is 0.511 e. The molecule has 3 N–H and O–H groups in total. The first kappa shape index (κ1) is 31.1. The van der Waals surface area contributed by atoms with Gasteiger partial charge in [-0.15, -0.1) is 24.9 Å². The number of rotatable bonds is 12. The Morgan fingerprint density at radius 2 is 1.79 bits per heavy atom. The van der Waals surface area contributed by atoms with Crippen LogP contribution in [0.15, 0.2) is 65.8 Å². The van der Waals surface area contributed by atoms with Crippen LogP contribution in [0.25, 0.3) is 0 Å². The number of anilines is 1. The van der Waals surface area contributed by atoms with E-state index in [2.05, 4.69) is 16.6 Å². The number of thioether (sulfide) groups is 1. The minimum Gasteiger partial charge on any atom is -0.511 e. The highest BCUT2D eigenvalue weighted by atomic mass is 35.5. The lowest BCUT2D eigenvalue weighted by Gasteiger charge is -2.23. The van der Waals surface area contributed by atoms with Crippen molar-refractivity contribution in [2.24, 2.45) is 0 Å². The molecule has 0 spiro atoms. The van der Waals surface area contributed by atoms with Gasteiger partial charge in [-0.25, -0.2) is 0 Å². The molecule has 0 aromatic heterocycles. The number of carboxylic acids is 1. The van der Waals surface area contributed by atoms with Crippen LogP contribution in [0.2, 0.25) is 5.02 Å². The standard InChI is InChI=1S/C26H28ClF3N2O5S/c1-5-6-18(33)14-32(13-17-7-9-19(10-8-17)38-25(3,4)24(35)36)15-23(34)31-21-12-20(27)22(11-16(21)2)37-26(28,29)30/h5-12,33H,1,13-15H2,2-4H3,(H,31,34)(H,35,36)/b18-6-. The molecule has 1 amide bonds. The summed E-state index contributed by atoms with van der Waals surface area (Å²) < 4.78 is 40.6. The SMILES string of the molecule is C=C/C=C(\O)CN(CC(=O)Nc1cc(Cl)c(OC(F)(F)F)cc1C)Cc1ccc(SC(C)(C)C(=O)O)cc1. The van der Waals surface area contributed by atoms with E-state index in [1.165, 1.54) is 36.9 Å². The van der Waals surface area contributed by atoms with Crippen molar-refractivity contribution in [3.05, 3.63) is 77.0 Å². The number of ether oxygens (including phenoxy) is 1. The first-order valence-corrected chi connectivity index (χ1v) is 12.4. The van der Waals surface area contributed by atoms with Crippen molar-refractivity contribution in [1.82, 2.24) is 4.90 Å². The molecule has 0 saturated carbocycles. The number of alkyl halides is 3. The fraction of sp³-hybridized carbons (Fsp3) is 0.308. The highest BCUT2D eigenvalue weighted by molar-refractivity contribution is 8.01.